The molecule has 6 heteroatoms. The van der Waals surface area contributed by atoms with Gasteiger partial charge >= 0.3 is 0 Å². The van der Waals surface area contributed by atoms with Crippen molar-refractivity contribution < 1.29 is 9.59 Å². The minimum atomic E-state index is -0.484. The largest absolute Gasteiger partial charge is 0.325 e. The molecule has 0 bridgehead atoms. The summed E-state index contributed by atoms with van der Waals surface area (Å²) in [7, 11) is 0. The van der Waals surface area contributed by atoms with E-state index in [0.717, 1.165) is 22.1 Å². The summed E-state index contributed by atoms with van der Waals surface area (Å²) < 4.78 is 0. The van der Waals surface area contributed by atoms with Gasteiger partial charge in [0.25, 0.3) is 0 Å². The Balaban J connectivity index is 1.44. The first-order valence-electron chi connectivity index (χ1n) is 8.58. The van der Waals surface area contributed by atoms with Crippen LogP contribution < -0.4 is 10.6 Å². The van der Waals surface area contributed by atoms with Gasteiger partial charge in [0.15, 0.2) is 5.17 Å². The predicted octanol–water partition coefficient (Wildman–Crippen LogP) is 4.09. The summed E-state index contributed by atoms with van der Waals surface area (Å²) in [4.78, 5) is 29.1. The highest BCUT2D eigenvalue weighted by Gasteiger charge is 2.32. The summed E-state index contributed by atoms with van der Waals surface area (Å²) in [6.45, 7) is 0. The van der Waals surface area contributed by atoms with Gasteiger partial charge in [0.05, 0.1) is 5.69 Å². The molecular formula is C21H17N3O2S. The van der Waals surface area contributed by atoms with Gasteiger partial charge < -0.3 is 10.6 Å². The molecule has 0 saturated carbocycles. The Hall–Kier alpha value is -3.12. The quantitative estimate of drug-likeness (QED) is 0.722. The number of amides is 2. The van der Waals surface area contributed by atoms with Gasteiger partial charge in [-0.05, 0) is 23.6 Å². The van der Waals surface area contributed by atoms with Crippen LogP contribution in [-0.2, 0) is 9.59 Å². The Bertz CT molecular complexity index is 1030. The van der Waals surface area contributed by atoms with Crippen LogP contribution in [0.5, 0.6) is 0 Å². The van der Waals surface area contributed by atoms with E-state index in [1.165, 1.54) is 11.8 Å². The molecule has 0 spiro atoms. The smallest absolute Gasteiger partial charge is 0.240 e. The van der Waals surface area contributed by atoms with Gasteiger partial charge in [-0.1, -0.05) is 66.4 Å². The average Bonchev–Trinajstić information content (AvgIpc) is 3.01. The van der Waals surface area contributed by atoms with Crippen LogP contribution in [0.2, 0.25) is 0 Å². The molecule has 0 aliphatic carbocycles. The van der Waals surface area contributed by atoms with E-state index in [4.69, 9.17) is 0 Å². The van der Waals surface area contributed by atoms with Gasteiger partial charge in [-0.2, -0.15) is 0 Å². The number of para-hydroxylation sites is 1. The van der Waals surface area contributed by atoms with Gasteiger partial charge in [0, 0.05) is 17.5 Å². The SMILES string of the molecule is O=C(C[C@H]1SC(=Nc2ccccc2)NC1=O)Nc1cccc2ccccc12. The number of rotatable bonds is 4. The zero-order valence-electron chi connectivity index (χ0n) is 14.4. The predicted molar refractivity (Wildman–Crippen MR) is 110 cm³/mol. The number of fused-ring (bicyclic) bond motifs is 1. The second kappa shape index (κ2) is 7.63. The van der Waals surface area contributed by atoms with Crippen LogP contribution in [0.25, 0.3) is 10.8 Å². The normalized spacial score (nSPS) is 17.9. The Morgan fingerprint density at radius 3 is 2.59 bits per heavy atom. The van der Waals surface area contributed by atoms with Crippen molar-refractivity contribution in [2.75, 3.05) is 5.32 Å². The Kier molecular flexibility index (Phi) is 4.89. The highest BCUT2D eigenvalue weighted by atomic mass is 32.2. The highest BCUT2D eigenvalue weighted by molar-refractivity contribution is 8.15. The monoisotopic (exact) mass is 375 g/mol. The van der Waals surface area contributed by atoms with Crippen molar-refractivity contribution in [1.29, 1.82) is 0 Å². The highest BCUT2D eigenvalue weighted by Crippen LogP contribution is 2.27. The summed E-state index contributed by atoms with van der Waals surface area (Å²) in [5.41, 5.74) is 1.51. The maximum atomic E-state index is 12.5. The minimum Gasteiger partial charge on any atom is -0.325 e. The van der Waals surface area contributed by atoms with Crippen LogP contribution in [0.4, 0.5) is 11.4 Å². The van der Waals surface area contributed by atoms with E-state index in [9.17, 15) is 9.59 Å². The second-order valence-electron chi connectivity index (χ2n) is 6.13. The van der Waals surface area contributed by atoms with E-state index >= 15 is 0 Å². The zero-order valence-corrected chi connectivity index (χ0v) is 15.2. The average molecular weight is 375 g/mol. The number of benzene rings is 3. The lowest BCUT2D eigenvalue weighted by Gasteiger charge is -2.10. The topological polar surface area (TPSA) is 70.6 Å². The molecule has 0 aromatic heterocycles. The van der Waals surface area contributed by atoms with E-state index < -0.39 is 5.25 Å². The van der Waals surface area contributed by atoms with Gasteiger partial charge in [-0.15, -0.1) is 0 Å². The first kappa shape index (κ1) is 17.3. The standard InChI is InChI=1S/C21H17N3O2S/c25-19(23-17-12-6-8-14-7-4-5-11-16(14)17)13-18-20(26)24-21(27-18)22-15-9-2-1-3-10-15/h1-12,18H,13H2,(H,23,25)(H,22,24,26)/t18-/m1/s1. The van der Waals surface area contributed by atoms with Crippen molar-refractivity contribution in [2.45, 2.75) is 11.7 Å². The lowest BCUT2D eigenvalue weighted by Crippen LogP contribution is -2.28. The zero-order chi connectivity index (χ0) is 18.6. The Morgan fingerprint density at radius 2 is 1.74 bits per heavy atom. The number of nitrogens with zero attached hydrogens (tertiary/aromatic N) is 1. The number of aliphatic imine (C=N–C) groups is 1. The van der Waals surface area contributed by atoms with E-state index in [-0.39, 0.29) is 18.2 Å². The summed E-state index contributed by atoms with van der Waals surface area (Å²) in [6.07, 6.45) is 0.0908. The van der Waals surface area contributed by atoms with Crippen molar-refractivity contribution in [2.24, 2.45) is 4.99 Å². The van der Waals surface area contributed by atoms with Gasteiger partial charge in [0.1, 0.15) is 5.25 Å². The Morgan fingerprint density at radius 1 is 1.00 bits per heavy atom. The van der Waals surface area contributed by atoms with Crippen LogP contribution in [0.1, 0.15) is 6.42 Å². The van der Waals surface area contributed by atoms with Gasteiger partial charge in [-0.3, -0.25) is 9.59 Å². The maximum Gasteiger partial charge on any atom is 0.240 e. The summed E-state index contributed by atoms with van der Waals surface area (Å²) in [5, 5.41) is 7.74. The number of nitrogens with one attached hydrogen (secondary N) is 2. The van der Waals surface area contributed by atoms with Crippen molar-refractivity contribution in [3.05, 3.63) is 72.8 Å². The molecule has 4 rings (SSSR count). The molecule has 0 radical (unpaired) electrons. The van der Waals surface area contributed by atoms with Crippen molar-refractivity contribution in [3.8, 4) is 0 Å². The van der Waals surface area contributed by atoms with Crippen molar-refractivity contribution in [3.63, 3.8) is 0 Å². The molecule has 1 heterocycles. The van der Waals surface area contributed by atoms with Crippen LogP contribution >= 0.6 is 11.8 Å². The molecule has 1 atom stereocenters. The van der Waals surface area contributed by atoms with Gasteiger partial charge in [0.2, 0.25) is 11.8 Å². The molecule has 134 valence electrons. The molecular weight excluding hydrogens is 358 g/mol. The van der Waals surface area contributed by atoms with Crippen LogP contribution in [0, 0.1) is 0 Å². The first-order valence-corrected chi connectivity index (χ1v) is 9.46. The minimum absolute atomic E-state index is 0.0908. The van der Waals surface area contributed by atoms with Crippen molar-refractivity contribution in [1.82, 2.24) is 5.32 Å². The summed E-state index contributed by atoms with van der Waals surface area (Å²) >= 11 is 1.28. The third-order valence-electron chi connectivity index (χ3n) is 4.20. The number of anilines is 1. The summed E-state index contributed by atoms with van der Waals surface area (Å²) in [5.74, 6) is -0.386. The molecule has 5 nitrogen and oxygen atoms in total. The number of carbonyl (C=O) groups is 2. The number of hydrogen-bond donors (Lipinski definition) is 2. The number of hydrogen-bond acceptors (Lipinski definition) is 4. The van der Waals surface area contributed by atoms with Crippen LogP contribution in [0.3, 0.4) is 0 Å². The molecule has 1 aliphatic heterocycles. The second-order valence-corrected chi connectivity index (χ2v) is 7.32. The molecule has 1 fully saturated rings. The van der Waals surface area contributed by atoms with E-state index in [2.05, 4.69) is 15.6 Å². The van der Waals surface area contributed by atoms with Gasteiger partial charge in [-0.25, -0.2) is 4.99 Å². The lowest BCUT2D eigenvalue weighted by molar-refractivity contribution is -0.122. The summed E-state index contributed by atoms with van der Waals surface area (Å²) in [6, 6.07) is 23.0. The fourth-order valence-corrected chi connectivity index (χ4v) is 3.90. The van der Waals surface area contributed by atoms with Crippen LogP contribution in [0.15, 0.2) is 77.8 Å². The number of amidine groups is 1. The molecule has 1 aliphatic rings. The molecule has 2 N–H and O–H groups in total. The molecule has 3 aromatic rings. The molecule has 0 unspecified atom stereocenters. The third-order valence-corrected chi connectivity index (χ3v) is 5.28. The van der Waals surface area contributed by atoms with Crippen LogP contribution in [-0.4, -0.2) is 22.2 Å². The van der Waals surface area contributed by atoms with E-state index in [1.54, 1.807) is 0 Å². The molecule has 3 aromatic carbocycles. The third kappa shape index (κ3) is 4.01. The fraction of sp³-hybridized carbons (Fsp3) is 0.0952. The maximum absolute atomic E-state index is 12.5. The number of carbonyl (C=O) groups excluding carboxylic acids is 2. The number of thioether (sulfide) groups is 1. The molecule has 27 heavy (non-hydrogen) atoms. The fourth-order valence-electron chi connectivity index (χ4n) is 2.92. The van der Waals surface area contributed by atoms with Crippen molar-refractivity contribution >= 4 is 50.9 Å². The molecule has 1 saturated heterocycles. The van der Waals surface area contributed by atoms with E-state index in [0.29, 0.717) is 5.17 Å². The first-order chi connectivity index (χ1) is 13.2. The lowest BCUT2D eigenvalue weighted by atomic mass is 10.1. The van der Waals surface area contributed by atoms with E-state index in [1.807, 2.05) is 72.8 Å². The Labute approximate surface area is 160 Å². The molecule has 2 amide bonds.